The highest BCUT2D eigenvalue weighted by molar-refractivity contribution is 5.71. The van der Waals surface area contributed by atoms with Gasteiger partial charge in [0.2, 0.25) is 0 Å². The number of carbonyl (C=O) groups is 4. The third-order valence-corrected chi connectivity index (χ3v) is 6.73. The number of carboxylic acids is 3. The summed E-state index contributed by atoms with van der Waals surface area (Å²) in [6.45, 7) is 3.19. The maximum Gasteiger partial charge on any atom is 0.272 e. The van der Waals surface area contributed by atoms with Gasteiger partial charge in [0.05, 0.1) is 31.1 Å². The van der Waals surface area contributed by atoms with Gasteiger partial charge in [-0.25, -0.2) is 0 Å². The molecule has 1 unspecified atom stereocenters. The van der Waals surface area contributed by atoms with Crippen molar-refractivity contribution < 1.29 is 39.2 Å². The van der Waals surface area contributed by atoms with Crippen LogP contribution in [0.2, 0.25) is 0 Å². The average Bonchev–Trinajstić information content (AvgIpc) is 2.89. The fourth-order valence-electron chi connectivity index (χ4n) is 4.61. The molecule has 1 aliphatic rings. The minimum absolute atomic E-state index is 0.0338. The van der Waals surface area contributed by atoms with Gasteiger partial charge >= 0.3 is 0 Å². The standard InChI is InChI=1S/C25H39N5O10/c1-2-40-24-21(22(36)23(24)37)26-5-3-4-18(25(38)39)30-12-10-27(14-15-31)6-7-28(16-19(32)33)8-9-29(11-13-30)17-20(34)35/h15,18,26H,2-14,16-17H2,1H3,(H,32,33)(H,34,35)(H,38,39)/p-3. The lowest BCUT2D eigenvalue weighted by Gasteiger charge is -2.37. The lowest BCUT2D eigenvalue weighted by atomic mass is 10.1. The summed E-state index contributed by atoms with van der Waals surface area (Å²) in [5, 5.41) is 37.5. The first-order valence-electron chi connectivity index (χ1n) is 13.2. The van der Waals surface area contributed by atoms with E-state index in [-0.39, 0.29) is 83.4 Å². The molecule has 1 aromatic carbocycles. The number of ether oxygens (including phenoxy) is 1. The van der Waals surface area contributed by atoms with Gasteiger partial charge in [-0.15, -0.1) is 0 Å². The zero-order valence-electron chi connectivity index (χ0n) is 22.6. The van der Waals surface area contributed by atoms with E-state index in [1.54, 1.807) is 26.5 Å². The summed E-state index contributed by atoms with van der Waals surface area (Å²) in [5.74, 6) is -3.97. The largest absolute Gasteiger partial charge is 0.549 e. The summed E-state index contributed by atoms with van der Waals surface area (Å²) in [6, 6.07) is -1.05. The molecule has 1 heterocycles. The molecular weight excluding hydrogens is 530 g/mol. The average molecular weight is 567 g/mol. The van der Waals surface area contributed by atoms with Gasteiger partial charge in [-0.05, 0) is 19.8 Å². The fourth-order valence-corrected chi connectivity index (χ4v) is 4.61. The Labute approximate surface area is 231 Å². The molecule has 0 bridgehead atoms. The van der Waals surface area contributed by atoms with E-state index >= 15 is 0 Å². The molecule has 1 N–H and O–H groups in total. The van der Waals surface area contributed by atoms with Gasteiger partial charge in [-0.1, -0.05) is 0 Å². The van der Waals surface area contributed by atoms with Crippen molar-refractivity contribution in [1.82, 2.24) is 19.6 Å². The smallest absolute Gasteiger partial charge is 0.272 e. The van der Waals surface area contributed by atoms with Gasteiger partial charge in [0.1, 0.15) is 12.0 Å². The Morgan fingerprint density at radius 1 is 0.875 bits per heavy atom. The predicted octanol–water partition coefficient (Wildman–Crippen LogP) is -6.09. The highest BCUT2D eigenvalue weighted by Gasteiger charge is 2.24. The van der Waals surface area contributed by atoms with Gasteiger partial charge in [0, 0.05) is 78.0 Å². The van der Waals surface area contributed by atoms with Crippen LogP contribution in [0.5, 0.6) is 5.75 Å². The van der Waals surface area contributed by atoms with Crippen molar-refractivity contribution in [3.63, 3.8) is 0 Å². The van der Waals surface area contributed by atoms with Crippen LogP contribution in [0.1, 0.15) is 19.8 Å². The first-order valence-corrected chi connectivity index (χ1v) is 13.2. The van der Waals surface area contributed by atoms with Crippen LogP contribution in [0.3, 0.4) is 0 Å². The fraction of sp³-hybridized carbons (Fsp3) is 0.680. The maximum absolute atomic E-state index is 12.2. The summed E-state index contributed by atoms with van der Waals surface area (Å²) in [5.41, 5.74) is -1.33. The van der Waals surface area contributed by atoms with E-state index in [0.717, 1.165) is 0 Å². The van der Waals surface area contributed by atoms with Crippen molar-refractivity contribution in [3.8, 4) is 5.75 Å². The van der Waals surface area contributed by atoms with Gasteiger partial charge in [0.25, 0.3) is 10.9 Å². The van der Waals surface area contributed by atoms with E-state index < -0.39 is 41.4 Å². The number of anilines is 1. The highest BCUT2D eigenvalue weighted by Crippen LogP contribution is 2.17. The third kappa shape index (κ3) is 10.3. The Hall–Kier alpha value is -3.40. The van der Waals surface area contributed by atoms with Gasteiger partial charge in [0.15, 0.2) is 5.75 Å². The summed E-state index contributed by atoms with van der Waals surface area (Å²) >= 11 is 0. The van der Waals surface area contributed by atoms with E-state index in [2.05, 4.69) is 5.32 Å². The van der Waals surface area contributed by atoms with Crippen molar-refractivity contribution in [2.75, 3.05) is 90.5 Å². The molecule has 1 atom stereocenters. The molecule has 0 amide bonds. The van der Waals surface area contributed by atoms with Crippen molar-refractivity contribution in [3.05, 3.63) is 20.4 Å². The summed E-state index contributed by atoms with van der Waals surface area (Å²) in [6.07, 6.45) is 1.14. The second-order valence-electron chi connectivity index (χ2n) is 9.50. The Bertz CT molecular complexity index is 1070. The zero-order valence-corrected chi connectivity index (χ0v) is 22.6. The topological polar surface area (TPSA) is 206 Å². The molecule has 15 nitrogen and oxygen atoms in total. The molecule has 224 valence electrons. The predicted molar refractivity (Wildman–Crippen MR) is 136 cm³/mol. The van der Waals surface area contributed by atoms with Gasteiger partial charge < -0.3 is 44.6 Å². The Morgan fingerprint density at radius 2 is 1.40 bits per heavy atom. The van der Waals surface area contributed by atoms with E-state index in [9.17, 15) is 44.1 Å². The first kappa shape index (κ1) is 32.8. The summed E-state index contributed by atoms with van der Waals surface area (Å²) < 4.78 is 5.16. The van der Waals surface area contributed by atoms with Crippen molar-refractivity contribution in [1.29, 1.82) is 0 Å². The number of rotatable bonds is 15. The molecule has 0 spiro atoms. The molecule has 40 heavy (non-hydrogen) atoms. The van der Waals surface area contributed by atoms with Gasteiger partial charge in [-0.3, -0.25) is 29.2 Å². The quantitative estimate of drug-likeness (QED) is 0.119. The molecule has 1 saturated heterocycles. The van der Waals surface area contributed by atoms with Crippen molar-refractivity contribution >= 4 is 29.9 Å². The maximum atomic E-state index is 12.2. The monoisotopic (exact) mass is 566 g/mol. The number of hydrogen-bond acceptors (Lipinski definition) is 15. The number of aliphatic carboxylic acids is 3. The molecule has 1 aromatic rings. The molecule has 0 saturated carbocycles. The summed E-state index contributed by atoms with van der Waals surface area (Å²) in [4.78, 5) is 75.9. The minimum atomic E-state index is -1.33. The lowest BCUT2D eigenvalue weighted by Crippen LogP contribution is -2.54. The van der Waals surface area contributed by atoms with Crippen molar-refractivity contribution in [2.45, 2.75) is 25.8 Å². The number of hydrogen-bond donors (Lipinski definition) is 1. The highest BCUT2D eigenvalue weighted by atomic mass is 16.5. The molecule has 1 aliphatic heterocycles. The van der Waals surface area contributed by atoms with E-state index in [1.807, 2.05) is 0 Å². The van der Waals surface area contributed by atoms with E-state index in [0.29, 0.717) is 25.8 Å². The van der Waals surface area contributed by atoms with Crippen LogP contribution < -0.4 is 36.2 Å². The number of aldehydes is 1. The number of carbonyl (C=O) groups excluding carboxylic acids is 4. The van der Waals surface area contributed by atoms with Crippen LogP contribution in [0.15, 0.2) is 9.59 Å². The molecule has 0 aromatic heterocycles. The second-order valence-corrected chi connectivity index (χ2v) is 9.50. The second kappa shape index (κ2) is 16.6. The SMILES string of the molecule is CCOc1c(NCCCC(C(=O)[O-])N2CCN(CC=O)CCN(CC(=O)[O-])CCN(CC(=O)[O-])CC2)c(=O)c1=O. The summed E-state index contributed by atoms with van der Waals surface area (Å²) in [7, 11) is 0. The van der Waals surface area contributed by atoms with Crippen molar-refractivity contribution in [2.24, 2.45) is 0 Å². The Kier molecular flexibility index (Phi) is 13.7. The zero-order chi connectivity index (χ0) is 29.7. The van der Waals surface area contributed by atoms with Crippen LogP contribution in [0.4, 0.5) is 5.69 Å². The van der Waals surface area contributed by atoms with E-state index in [1.165, 1.54) is 0 Å². The number of nitrogens with one attached hydrogen (secondary N) is 1. The van der Waals surface area contributed by atoms with Crippen LogP contribution in [-0.4, -0.2) is 135 Å². The molecule has 2 rings (SSSR count). The number of nitrogens with zero attached hydrogens (tertiary/aromatic N) is 4. The molecule has 0 aliphatic carbocycles. The molecule has 1 fully saturated rings. The van der Waals surface area contributed by atoms with Crippen LogP contribution >= 0.6 is 0 Å². The molecular formula is C25H36N5O10-3. The lowest BCUT2D eigenvalue weighted by molar-refractivity contribution is -0.312. The molecule has 15 heteroatoms. The van der Waals surface area contributed by atoms with Crippen LogP contribution in [0, 0.1) is 0 Å². The Balaban J connectivity index is 2.12. The first-order chi connectivity index (χ1) is 19.1. The molecule has 0 radical (unpaired) electrons. The van der Waals surface area contributed by atoms with Gasteiger partial charge in [-0.2, -0.15) is 0 Å². The Morgan fingerprint density at radius 3 is 1.90 bits per heavy atom. The van der Waals surface area contributed by atoms with Crippen LogP contribution in [-0.2, 0) is 19.2 Å². The number of carboxylic acid groups (broad SMARTS) is 3. The minimum Gasteiger partial charge on any atom is -0.549 e. The van der Waals surface area contributed by atoms with E-state index in [4.69, 9.17) is 4.74 Å². The normalized spacial score (nSPS) is 17.9. The third-order valence-electron chi connectivity index (χ3n) is 6.73. The van der Waals surface area contributed by atoms with Crippen LogP contribution in [0.25, 0.3) is 0 Å².